The van der Waals surface area contributed by atoms with Crippen LogP contribution >= 0.6 is 0 Å². The molecule has 0 amide bonds. The summed E-state index contributed by atoms with van der Waals surface area (Å²) in [5, 5.41) is 20.0. The zero-order valence-electron chi connectivity index (χ0n) is 11.1. The highest BCUT2D eigenvalue weighted by atomic mass is 16.5. The Morgan fingerprint density at radius 1 is 1.05 bits per heavy atom. The number of rotatable bonds is 4. The van der Waals surface area contributed by atoms with E-state index in [0.717, 1.165) is 0 Å². The molecule has 0 bridgehead atoms. The Morgan fingerprint density at radius 2 is 1.60 bits per heavy atom. The molecule has 0 fully saturated rings. The van der Waals surface area contributed by atoms with Gasteiger partial charge in [-0.1, -0.05) is 24.3 Å². The lowest BCUT2D eigenvalue weighted by atomic mass is 9.93. The second-order valence-electron chi connectivity index (χ2n) is 4.29. The molecule has 0 aromatic heterocycles. The van der Waals surface area contributed by atoms with Crippen LogP contribution in [0.15, 0.2) is 24.3 Å². The molecule has 0 aliphatic rings. The lowest BCUT2D eigenvalue weighted by molar-refractivity contribution is 0.0647. The minimum Gasteiger partial charge on any atom is -0.492 e. The van der Waals surface area contributed by atoms with Gasteiger partial charge in [-0.2, -0.15) is 0 Å². The lowest BCUT2D eigenvalue weighted by Gasteiger charge is -2.16. The largest absolute Gasteiger partial charge is 0.492 e. The van der Waals surface area contributed by atoms with E-state index in [0.29, 0.717) is 16.3 Å². The summed E-state index contributed by atoms with van der Waals surface area (Å²) < 4.78 is 5.41. The molecule has 5 nitrogen and oxygen atoms in total. The van der Waals surface area contributed by atoms with Crippen molar-refractivity contribution in [2.24, 2.45) is 0 Å². The molecular weight excluding hydrogens is 260 g/mol. The molecule has 2 N–H and O–H groups in total. The molecule has 0 unspecified atom stereocenters. The van der Waals surface area contributed by atoms with E-state index in [1.165, 1.54) is 0 Å². The molecule has 0 heterocycles. The van der Waals surface area contributed by atoms with Gasteiger partial charge in [-0.15, -0.1) is 0 Å². The van der Waals surface area contributed by atoms with Crippen LogP contribution in [-0.2, 0) is 0 Å². The van der Waals surface area contributed by atoms with Crippen molar-refractivity contribution < 1.29 is 24.5 Å². The number of fused-ring (bicyclic) bond motifs is 1. The predicted molar refractivity (Wildman–Crippen MR) is 73.8 cm³/mol. The average Bonchev–Trinajstić information content (AvgIpc) is 2.41. The summed E-state index contributed by atoms with van der Waals surface area (Å²) in [6, 6.07) is 7.02. The first-order valence-electron chi connectivity index (χ1n) is 6.13. The standard InChI is InChI=1S/C15H14O5/c1-3-20-13-10-7-5-4-6-9(10)8(2)11(14(16)17)12(13)15(18)19/h4-7H,3H2,1-2H3,(H,16,17)(H,18,19). The highest BCUT2D eigenvalue weighted by Crippen LogP contribution is 2.36. The van der Waals surface area contributed by atoms with Crippen molar-refractivity contribution in [2.45, 2.75) is 13.8 Å². The van der Waals surface area contributed by atoms with Crippen LogP contribution in [-0.4, -0.2) is 28.8 Å². The van der Waals surface area contributed by atoms with Crippen LogP contribution < -0.4 is 4.74 Å². The maximum atomic E-state index is 11.5. The molecule has 0 atom stereocenters. The summed E-state index contributed by atoms with van der Waals surface area (Å²) in [7, 11) is 0. The Kier molecular flexibility index (Phi) is 3.61. The molecule has 0 aliphatic heterocycles. The number of hydrogen-bond donors (Lipinski definition) is 2. The fourth-order valence-corrected chi connectivity index (χ4v) is 2.34. The number of carbonyl (C=O) groups is 2. The van der Waals surface area contributed by atoms with E-state index in [1.54, 1.807) is 38.1 Å². The average molecular weight is 274 g/mol. The smallest absolute Gasteiger partial charge is 0.340 e. The van der Waals surface area contributed by atoms with Crippen LogP contribution in [0.25, 0.3) is 10.8 Å². The number of aryl methyl sites for hydroxylation is 1. The van der Waals surface area contributed by atoms with Crippen molar-refractivity contribution in [3.63, 3.8) is 0 Å². The minimum absolute atomic E-state index is 0.110. The second kappa shape index (κ2) is 5.21. The van der Waals surface area contributed by atoms with Crippen LogP contribution in [0.1, 0.15) is 33.2 Å². The van der Waals surface area contributed by atoms with Crippen LogP contribution in [0, 0.1) is 6.92 Å². The van der Waals surface area contributed by atoms with Gasteiger partial charge in [0.15, 0.2) is 0 Å². The molecule has 0 spiro atoms. The van der Waals surface area contributed by atoms with Crippen molar-refractivity contribution in [1.82, 2.24) is 0 Å². The first kappa shape index (κ1) is 13.9. The van der Waals surface area contributed by atoms with Gasteiger partial charge >= 0.3 is 11.9 Å². The van der Waals surface area contributed by atoms with Gasteiger partial charge in [-0.25, -0.2) is 9.59 Å². The van der Waals surface area contributed by atoms with Gasteiger partial charge in [0.25, 0.3) is 0 Å². The monoisotopic (exact) mass is 274 g/mol. The summed E-state index contributed by atoms with van der Waals surface area (Å²) in [6.07, 6.45) is 0. The number of carboxylic acids is 2. The van der Waals surface area contributed by atoms with E-state index in [9.17, 15) is 19.8 Å². The minimum atomic E-state index is -1.31. The number of ether oxygens (including phenoxy) is 1. The molecule has 104 valence electrons. The van der Waals surface area contributed by atoms with Crippen LogP contribution in [0.3, 0.4) is 0 Å². The van der Waals surface area contributed by atoms with Crippen LogP contribution in [0.4, 0.5) is 0 Å². The summed E-state index contributed by atoms with van der Waals surface area (Å²) in [5.74, 6) is -2.47. The Hall–Kier alpha value is -2.56. The zero-order chi connectivity index (χ0) is 14.9. The van der Waals surface area contributed by atoms with E-state index < -0.39 is 11.9 Å². The summed E-state index contributed by atoms with van der Waals surface area (Å²) in [6.45, 7) is 3.58. The normalized spacial score (nSPS) is 10.5. The Morgan fingerprint density at radius 3 is 2.10 bits per heavy atom. The third-order valence-electron chi connectivity index (χ3n) is 3.14. The molecule has 0 saturated carbocycles. The molecule has 2 rings (SSSR count). The van der Waals surface area contributed by atoms with Gasteiger partial charge in [-0.3, -0.25) is 0 Å². The highest BCUT2D eigenvalue weighted by molar-refractivity contribution is 6.12. The second-order valence-corrected chi connectivity index (χ2v) is 4.29. The first-order chi connectivity index (χ1) is 9.49. The third kappa shape index (κ3) is 2.07. The fraction of sp³-hybridized carbons (Fsp3) is 0.200. The molecule has 2 aromatic rings. The molecule has 5 heteroatoms. The van der Waals surface area contributed by atoms with Crippen LogP contribution in [0.2, 0.25) is 0 Å². The summed E-state index contributed by atoms with van der Waals surface area (Å²) in [4.78, 5) is 22.9. The highest BCUT2D eigenvalue weighted by Gasteiger charge is 2.26. The van der Waals surface area contributed by atoms with Crippen molar-refractivity contribution in [3.05, 3.63) is 41.0 Å². The maximum absolute atomic E-state index is 11.5. The van der Waals surface area contributed by atoms with Gasteiger partial charge in [-0.05, 0) is 24.8 Å². The van der Waals surface area contributed by atoms with E-state index >= 15 is 0 Å². The Bertz CT molecular complexity index is 703. The van der Waals surface area contributed by atoms with E-state index in [-0.39, 0.29) is 23.5 Å². The van der Waals surface area contributed by atoms with Crippen molar-refractivity contribution in [2.75, 3.05) is 6.61 Å². The molecule has 0 radical (unpaired) electrons. The van der Waals surface area contributed by atoms with E-state index in [4.69, 9.17) is 4.74 Å². The Labute approximate surface area is 115 Å². The quantitative estimate of drug-likeness (QED) is 0.895. The number of carboxylic acid groups (broad SMARTS) is 2. The Balaban J connectivity index is 3.02. The van der Waals surface area contributed by atoms with Gasteiger partial charge in [0.05, 0.1) is 12.2 Å². The zero-order valence-corrected chi connectivity index (χ0v) is 11.1. The molecule has 0 saturated heterocycles. The third-order valence-corrected chi connectivity index (χ3v) is 3.14. The predicted octanol–water partition coefficient (Wildman–Crippen LogP) is 2.94. The number of aromatic carboxylic acids is 2. The summed E-state index contributed by atoms with van der Waals surface area (Å²) >= 11 is 0. The van der Waals surface area contributed by atoms with Gasteiger partial charge < -0.3 is 14.9 Å². The molecule has 20 heavy (non-hydrogen) atoms. The first-order valence-corrected chi connectivity index (χ1v) is 6.13. The maximum Gasteiger partial charge on any atom is 0.340 e. The van der Waals surface area contributed by atoms with Crippen molar-refractivity contribution in [1.29, 1.82) is 0 Å². The van der Waals surface area contributed by atoms with Crippen molar-refractivity contribution in [3.8, 4) is 5.75 Å². The van der Waals surface area contributed by atoms with E-state index in [2.05, 4.69) is 0 Å². The van der Waals surface area contributed by atoms with Crippen molar-refractivity contribution >= 4 is 22.7 Å². The van der Waals surface area contributed by atoms with Crippen LogP contribution in [0.5, 0.6) is 5.75 Å². The molecule has 2 aromatic carbocycles. The molecule has 0 aliphatic carbocycles. The van der Waals surface area contributed by atoms with E-state index in [1.807, 2.05) is 0 Å². The number of hydrogen-bond acceptors (Lipinski definition) is 3. The summed E-state index contributed by atoms with van der Waals surface area (Å²) in [5.41, 5.74) is -0.0934. The molecular formula is C15H14O5. The van der Waals surface area contributed by atoms with Gasteiger partial charge in [0.1, 0.15) is 11.3 Å². The van der Waals surface area contributed by atoms with Gasteiger partial charge in [0.2, 0.25) is 0 Å². The SMILES string of the molecule is CCOc1c(C(=O)O)c(C(=O)O)c(C)c2ccccc12. The van der Waals surface area contributed by atoms with Gasteiger partial charge in [0, 0.05) is 5.39 Å². The topological polar surface area (TPSA) is 83.8 Å². The lowest BCUT2D eigenvalue weighted by Crippen LogP contribution is -2.13. The number of benzene rings is 2. The fourth-order valence-electron chi connectivity index (χ4n) is 2.34.